The molecule has 160 valence electrons. The number of nitrogens with two attached hydrogens (primary N) is 1. The van der Waals surface area contributed by atoms with E-state index >= 15 is 0 Å². The lowest BCUT2D eigenvalue weighted by molar-refractivity contribution is 0.813. The zero-order chi connectivity index (χ0) is 22.4. The molecule has 2 aromatic carbocycles. The Hall–Kier alpha value is -3.92. The zero-order valence-electron chi connectivity index (χ0n) is 17.4. The third-order valence-corrected chi connectivity index (χ3v) is 6.06. The second-order valence-corrected chi connectivity index (χ2v) is 8.40. The second-order valence-electron chi connectivity index (χ2n) is 7.46. The van der Waals surface area contributed by atoms with Crippen LogP contribution in [0.15, 0.2) is 63.3 Å². The van der Waals surface area contributed by atoms with Gasteiger partial charge in [-0.15, -0.1) is 0 Å². The fourth-order valence-electron chi connectivity index (χ4n) is 3.63. The van der Waals surface area contributed by atoms with E-state index in [0.717, 1.165) is 16.8 Å². The minimum Gasteiger partial charge on any atom is -0.368 e. The van der Waals surface area contributed by atoms with Crippen molar-refractivity contribution < 1.29 is 0 Å². The minimum atomic E-state index is -0.312. The van der Waals surface area contributed by atoms with Crippen LogP contribution in [0.1, 0.15) is 16.8 Å². The highest BCUT2D eigenvalue weighted by atomic mass is 32.2. The molecule has 0 fully saturated rings. The molecule has 0 aliphatic rings. The van der Waals surface area contributed by atoms with Crippen molar-refractivity contribution in [2.24, 2.45) is 0 Å². The lowest BCUT2D eigenvalue weighted by Crippen LogP contribution is -2.22. The van der Waals surface area contributed by atoms with Gasteiger partial charge in [0.2, 0.25) is 5.95 Å². The molecule has 3 heterocycles. The molecule has 0 amide bonds. The van der Waals surface area contributed by atoms with Gasteiger partial charge in [-0.1, -0.05) is 41.6 Å². The monoisotopic (exact) mass is 445 g/mol. The van der Waals surface area contributed by atoms with Crippen molar-refractivity contribution in [2.75, 3.05) is 5.73 Å². The van der Waals surface area contributed by atoms with E-state index in [-0.39, 0.29) is 22.8 Å². The average molecular weight is 446 g/mol. The molecule has 32 heavy (non-hydrogen) atoms. The Balaban J connectivity index is 1.63. The first-order chi connectivity index (χ1) is 15.4. The van der Waals surface area contributed by atoms with Crippen LogP contribution in [0.3, 0.4) is 0 Å². The van der Waals surface area contributed by atoms with Gasteiger partial charge in [-0.05, 0) is 37.6 Å². The number of para-hydroxylation sites is 1. The Labute approximate surface area is 186 Å². The summed E-state index contributed by atoms with van der Waals surface area (Å²) in [7, 11) is 0. The number of hydrogen-bond donors (Lipinski definition) is 2. The Bertz CT molecular complexity index is 1620. The van der Waals surface area contributed by atoms with Crippen LogP contribution in [0.5, 0.6) is 0 Å². The van der Waals surface area contributed by atoms with Gasteiger partial charge in [0.15, 0.2) is 5.16 Å². The minimum absolute atomic E-state index is 0.110. The molecule has 10 heteroatoms. The van der Waals surface area contributed by atoms with Crippen molar-refractivity contribution >= 4 is 34.4 Å². The van der Waals surface area contributed by atoms with Crippen molar-refractivity contribution in [3.8, 4) is 5.69 Å². The number of nitrogen functional groups attached to an aromatic ring is 1. The van der Waals surface area contributed by atoms with Gasteiger partial charge in [-0.25, -0.2) is 9.97 Å². The summed E-state index contributed by atoms with van der Waals surface area (Å²) in [6.45, 7) is 3.98. The first-order valence-corrected chi connectivity index (χ1v) is 10.9. The second kappa shape index (κ2) is 7.65. The van der Waals surface area contributed by atoms with E-state index in [9.17, 15) is 9.59 Å². The topological polar surface area (TPSA) is 124 Å². The predicted octanol–water partition coefficient (Wildman–Crippen LogP) is 2.61. The zero-order valence-corrected chi connectivity index (χ0v) is 18.2. The summed E-state index contributed by atoms with van der Waals surface area (Å²) in [5.41, 5.74) is 9.15. The summed E-state index contributed by atoms with van der Waals surface area (Å²) >= 11 is 1.33. The molecule has 5 rings (SSSR count). The molecular weight excluding hydrogens is 426 g/mol. The molecule has 0 bridgehead atoms. The van der Waals surface area contributed by atoms with Gasteiger partial charge in [0.05, 0.1) is 22.3 Å². The van der Waals surface area contributed by atoms with E-state index in [1.165, 1.54) is 22.3 Å². The Kier molecular flexibility index (Phi) is 4.78. The van der Waals surface area contributed by atoms with E-state index < -0.39 is 0 Å². The van der Waals surface area contributed by atoms with Crippen molar-refractivity contribution in [3.63, 3.8) is 0 Å². The average Bonchev–Trinajstić information content (AvgIpc) is 3.14. The fraction of sp³-hybridized carbons (Fsp3) is 0.136. The number of hydrogen-bond acceptors (Lipinski definition) is 7. The number of H-pyrrole nitrogens is 1. The Morgan fingerprint density at radius 3 is 2.66 bits per heavy atom. The molecule has 9 nitrogen and oxygen atoms in total. The SMILES string of the molecule is Cc1ccc(-n2c(SCc3cc(=O)n4[nH]c(N)nc4n3)nc3ccccc3c2=O)c(C)c1. The van der Waals surface area contributed by atoms with Gasteiger partial charge in [0.25, 0.3) is 16.9 Å². The number of thioether (sulfide) groups is 1. The maximum Gasteiger partial charge on any atom is 0.274 e. The van der Waals surface area contributed by atoms with Gasteiger partial charge < -0.3 is 5.73 Å². The van der Waals surface area contributed by atoms with E-state index in [1.54, 1.807) is 10.6 Å². The number of aryl methyl sites for hydroxylation is 2. The van der Waals surface area contributed by atoms with Crippen LogP contribution in [-0.2, 0) is 5.75 Å². The number of benzene rings is 2. The number of aromatic nitrogens is 6. The smallest absolute Gasteiger partial charge is 0.274 e. The number of anilines is 1. The summed E-state index contributed by atoms with van der Waals surface area (Å²) in [4.78, 5) is 38.9. The molecule has 5 aromatic rings. The maximum atomic E-state index is 13.4. The number of rotatable bonds is 4. The molecule has 0 saturated carbocycles. The molecule has 3 N–H and O–H groups in total. The first-order valence-electron chi connectivity index (χ1n) is 9.87. The number of nitrogens with one attached hydrogen (secondary N) is 1. The highest BCUT2D eigenvalue weighted by Gasteiger charge is 2.16. The van der Waals surface area contributed by atoms with Crippen LogP contribution in [0.2, 0.25) is 0 Å². The summed E-state index contributed by atoms with van der Waals surface area (Å²) < 4.78 is 2.81. The summed E-state index contributed by atoms with van der Waals surface area (Å²) in [6.07, 6.45) is 0. The molecule has 0 aliphatic carbocycles. The van der Waals surface area contributed by atoms with Crippen LogP contribution in [0.4, 0.5) is 5.95 Å². The maximum absolute atomic E-state index is 13.4. The first kappa shape index (κ1) is 20.0. The van der Waals surface area contributed by atoms with Crippen LogP contribution in [0, 0.1) is 13.8 Å². The summed E-state index contributed by atoms with van der Waals surface area (Å²) in [6, 6.07) is 14.6. The van der Waals surface area contributed by atoms with E-state index in [1.807, 2.05) is 50.2 Å². The quantitative estimate of drug-likeness (QED) is 0.322. The largest absolute Gasteiger partial charge is 0.368 e. The van der Waals surface area contributed by atoms with E-state index in [4.69, 9.17) is 10.7 Å². The van der Waals surface area contributed by atoms with Gasteiger partial charge in [-0.2, -0.15) is 9.50 Å². The number of aromatic amines is 1. The highest BCUT2D eigenvalue weighted by molar-refractivity contribution is 7.98. The van der Waals surface area contributed by atoms with Crippen molar-refractivity contribution in [1.82, 2.24) is 29.1 Å². The number of fused-ring (bicyclic) bond motifs is 2. The molecule has 0 spiro atoms. The molecule has 0 radical (unpaired) electrons. The molecule has 0 saturated heterocycles. The van der Waals surface area contributed by atoms with Gasteiger partial charge >= 0.3 is 0 Å². The van der Waals surface area contributed by atoms with Gasteiger partial charge in [0, 0.05) is 11.8 Å². The molecular formula is C22H19N7O2S. The molecule has 0 atom stereocenters. The molecule has 0 aliphatic heterocycles. The molecule has 0 unspecified atom stereocenters. The molecule has 3 aromatic heterocycles. The van der Waals surface area contributed by atoms with Gasteiger partial charge in [-0.3, -0.25) is 19.3 Å². The number of nitrogens with zero attached hydrogens (tertiary/aromatic N) is 5. The van der Waals surface area contributed by atoms with Crippen LogP contribution in [-0.4, -0.2) is 29.1 Å². The lowest BCUT2D eigenvalue weighted by atomic mass is 10.1. The summed E-state index contributed by atoms with van der Waals surface area (Å²) in [5.74, 6) is 0.636. The van der Waals surface area contributed by atoms with Crippen LogP contribution >= 0.6 is 11.8 Å². The van der Waals surface area contributed by atoms with Crippen LogP contribution < -0.4 is 16.9 Å². The Morgan fingerprint density at radius 1 is 1.03 bits per heavy atom. The standard InChI is InChI=1S/C22H19N7O2S/c1-12-7-8-17(13(2)9-12)28-19(31)15-5-3-4-6-16(15)25-22(28)32-11-14-10-18(30)29-21(24-14)26-20(23)27-29/h3-10H,11H2,1-2H3,(H3,23,24,26,27). The van der Waals surface area contributed by atoms with E-state index in [2.05, 4.69) is 15.1 Å². The third-order valence-electron chi connectivity index (χ3n) is 5.09. The van der Waals surface area contributed by atoms with Crippen LogP contribution in [0.25, 0.3) is 22.4 Å². The van der Waals surface area contributed by atoms with E-state index in [0.29, 0.717) is 27.5 Å². The normalized spacial score (nSPS) is 11.4. The van der Waals surface area contributed by atoms with Crippen molar-refractivity contribution in [3.05, 3.63) is 86.1 Å². The van der Waals surface area contributed by atoms with Crippen molar-refractivity contribution in [2.45, 2.75) is 24.8 Å². The Morgan fingerprint density at radius 2 is 1.84 bits per heavy atom. The lowest BCUT2D eigenvalue weighted by Gasteiger charge is -2.15. The van der Waals surface area contributed by atoms with Gasteiger partial charge in [0.1, 0.15) is 0 Å². The van der Waals surface area contributed by atoms with Crippen molar-refractivity contribution in [1.29, 1.82) is 0 Å². The predicted molar refractivity (Wildman–Crippen MR) is 124 cm³/mol. The summed E-state index contributed by atoms with van der Waals surface area (Å²) in [5, 5.41) is 3.70. The fourth-order valence-corrected chi connectivity index (χ4v) is 4.53. The highest BCUT2D eigenvalue weighted by Crippen LogP contribution is 2.25. The third kappa shape index (κ3) is 3.44.